The number of ether oxygens (including phenoxy) is 2. The third kappa shape index (κ3) is 3.11. The number of anilines is 1. The Morgan fingerprint density at radius 2 is 1.75 bits per heavy atom. The van der Waals surface area contributed by atoms with E-state index in [4.69, 9.17) is 21.1 Å². The molecule has 0 bridgehead atoms. The molecule has 1 aromatic carbocycles. The van der Waals surface area contributed by atoms with Gasteiger partial charge < -0.3 is 9.47 Å². The number of methoxy groups -OCH3 is 2. The summed E-state index contributed by atoms with van der Waals surface area (Å²) in [5.74, 6) is 0.727. The summed E-state index contributed by atoms with van der Waals surface area (Å²) in [6, 6.07) is 3.02. The van der Waals surface area contributed by atoms with Crippen LogP contribution in [0.25, 0.3) is 0 Å². The van der Waals surface area contributed by atoms with Gasteiger partial charge in [0.2, 0.25) is 0 Å². The van der Waals surface area contributed by atoms with E-state index in [2.05, 4.69) is 4.72 Å². The summed E-state index contributed by atoms with van der Waals surface area (Å²) in [4.78, 5) is 0. The van der Waals surface area contributed by atoms with Crippen molar-refractivity contribution in [2.24, 2.45) is 0 Å². The van der Waals surface area contributed by atoms with Crippen LogP contribution in [0.4, 0.5) is 5.69 Å². The Morgan fingerprint density at radius 1 is 1.15 bits per heavy atom. The summed E-state index contributed by atoms with van der Waals surface area (Å²) in [7, 11) is -0.664. The SMILES string of the molecule is COc1cc(NS(=O)(=O)N2CCCC2)c(OC)cc1Cl. The zero-order chi connectivity index (χ0) is 14.8. The van der Waals surface area contributed by atoms with Crippen molar-refractivity contribution in [1.29, 1.82) is 0 Å². The number of hydrogen-bond donors (Lipinski definition) is 1. The van der Waals surface area contributed by atoms with E-state index in [-0.39, 0.29) is 0 Å². The lowest BCUT2D eigenvalue weighted by atomic mass is 10.3. The number of rotatable bonds is 5. The zero-order valence-electron chi connectivity index (χ0n) is 11.3. The lowest BCUT2D eigenvalue weighted by Gasteiger charge is -2.19. The Hall–Kier alpha value is -1.18. The van der Waals surface area contributed by atoms with E-state index >= 15 is 0 Å². The minimum Gasteiger partial charge on any atom is -0.495 e. The molecule has 0 aromatic heterocycles. The van der Waals surface area contributed by atoms with Crippen LogP contribution < -0.4 is 14.2 Å². The second-order valence-corrected chi connectivity index (χ2v) is 6.48. The average Bonchev–Trinajstić information content (AvgIpc) is 2.94. The van der Waals surface area contributed by atoms with Gasteiger partial charge in [0.25, 0.3) is 0 Å². The van der Waals surface area contributed by atoms with Crippen LogP contribution in [0.5, 0.6) is 11.5 Å². The maximum Gasteiger partial charge on any atom is 0.301 e. The van der Waals surface area contributed by atoms with Crippen molar-refractivity contribution in [3.63, 3.8) is 0 Å². The molecule has 0 amide bonds. The van der Waals surface area contributed by atoms with Gasteiger partial charge in [-0.25, -0.2) is 0 Å². The topological polar surface area (TPSA) is 67.9 Å². The molecule has 0 aliphatic carbocycles. The van der Waals surface area contributed by atoms with Crippen LogP contribution >= 0.6 is 11.6 Å². The van der Waals surface area contributed by atoms with Gasteiger partial charge in [0.15, 0.2) is 0 Å². The summed E-state index contributed by atoms with van der Waals surface area (Å²) in [6.07, 6.45) is 1.75. The largest absolute Gasteiger partial charge is 0.495 e. The molecule has 1 aliphatic rings. The molecule has 6 nitrogen and oxygen atoms in total. The predicted molar refractivity (Wildman–Crippen MR) is 77.9 cm³/mol. The Kier molecular flexibility index (Phi) is 4.62. The normalized spacial score (nSPS) is 16.1. The number of nitrogens with zero attached hydrogens (tertiary/aromatic N) is 1. The van der Waals surface area contributed by atoms with E-state index in [0.29, 0.717) is 35.3 Å². The molecule has 1 aromatic rings. The second kappa shape index (κ2) is 6.07. The Balaban J connectivity index is 2.32. The van der Waals surface area contributed by atoms with Gasteiger partial charge in [0.1, 0.15) is 11.5 Å². The van der Waals surface area contributed by atoms with E-state index in [0.717, 1.165) is 12.8 Å². The van der Waals surface area contributed by atoms with Gasteiger partial charge in [-0.05, 0) is 12.8 Å². The van der Waals surface area contributed by atoms with E-state index < -0.39 is 10.2 Å². The smallest absolute Gasteiger partial charge is 0.301 e. The van der Waals surface area contributed by atoms with Gasteiger partial charge in [-0.2, -0.15) is 12.7 Å². The first-order valence-corrected chi connectivity index (χ1v) is 7.99. The van der Waals surface area contributed by atoms with Gasteiger partial charge in [0, 0.05) is 25.2 Å². The highest BCUT2D eigenvalue weighted by Gasteiger charge is 2.26. The fourth-order valence-electron chi connectivity index (χ4n) is 2.07. The van der Waals surface area contributed by atoms with Crippen molar-refractivity contribution in [2.45, 2.75) is 12.8 Å². The molecule has 1 saturated heterocycles. The van der Waals surface area contributed by atoms with E-state index in [1.807, 2.05) is 0 Å². The molecule has 1 N–H and O–H groups in total. The number of benzene rings is 1. The third-order valence-corrected chi connectivity index (χ3v) is 4.94. The lowest BCUT2D eigenvalue weighted by molar-refractivity contribution is 0.405. The molecular formula is C12H17ClN2O4S. The highest BCUT2D eigenvalue weighted by molar-refractivity contribution is 7.90. The summed E-state index contributed by atoms with van der Waals surface area (Å²) in [6.45, 7) is 1.06. The van der Waals surface area contributed by atoms with Gasteiger partial charge in [-0.15, -0.1) is 0 Å². The van der Waals surface area contributed by atoms with Crippen LogP contribution in [0.1, 0.15) is 12.8 Å². The monoisotopic (exact) mass is 320 g/mol. The Labute approximate surface area is 123 Å². The van der Waals surface area contributed by atoms with E-state index in [1.165, 1.54) is 30.7 Å². The van der Waals surface area contributed by atoms with Gasteiger partial charge >= 0.3 is 10.2 Å². The average molecular weight is 321 g/mol. The van der Waals surface area contributed by atoms with Crippen LogP contribution in [0, 0.1) is 0 Å². The summed E-state index contributed by atoms with van der Waals surface area (Å²) < 4.78 is 38.6. The molecule has 0 saturated carbocycles. The molecule has 0 unspecified atom stereocenters. The molecule has 8 heteroatoms. The van der Waals surface area contributed by atoms with Crippen molar-refractivity contribution < 1.29 is 17.9 Å². The highest BCUT2D eigenvalue weighted by Crippen LogP contribution is 2.36. The summed E-state index contributed by atoms with van der Waals surface area (Å²) >= 11 is 5.99. The summed E-state index contributed by atoms with van der Waals surface area (Å²) in [5.41, 5.74) is 0.306. The van der Waals surface area contributed by atoms with Crippen molar-refractivity contribution in [2.75, 3.05) is 32.0 Å². The van der Waals surface area contributed by atoms with Crippen LogP contribution in [0.3, 0.4) is 0 Å². The zero-order valence-corrected chi connectivity index (χ0v) is 12.9. The van der Waals surface area contributed by atoms with E-state index in [1.54, 1.807) is 0 Å². The maximum absolute atomic E-state index is 12.2. The molecule has 2 rings (SSSR count). The quantitative estimate of drug-likeness (QED) is 0.902. The third-order valence-electron chi connectivity index (χ3n) is 3.12. The van der Waals surface area contributed by atoms with Gasteiger partial charge in [-0.3, -0.25) is 4.72 Å². The molecule has 0 atom stereocenters. The fraction of sp³-hybridized carbons (Fsp3) is 0.500. The van der Waals surface area contributed by atoms with Crippen LogP contribution in [0.2, 0.25) is 5.02 Å². The van der Waals surface area contributed by atoms with Gasteiger partial charge in [-0.1, -0.05) is 11.6 Å². The molecule has 1 heterocycles. The van der Waals surface area contributed by atoms with Crippen molar-refractivity contribution in [1.82, 2.24) is 4.31 Å². The maximum atomic E-state index is 12.2. The molecule has 20 heavy (non-hydrogen) atoms. The molecule has 0 spiro atoms. The minimum absolute atomic E-state index is 0.306. The van der Waals surface area contributed by atoms with Crippen molar-refractivity contribution in [3.8, 4) is 11.5 Å². The van der Waals surface area contributed by atoms with Crippen LogP contribution in [-0.2, 0) is 10.2 Å². The van der Waals surface area contributed by atoms with Crippen molar-refractivity contribution >= 4 is 27.5 Å². The molecule has 1 fully saturated rings. The fourth-order valence-corrected chi connectivity index (χ4v) is 3.61. The first-order chi connectivity index (χ1) is 9.47. The predicted octanol–water partition coefficient (Wildman–Crippen LogP) is 2.11. The molecule has 1 aliphatic heterocycles. The van der Waals surface area contributed by atoms with Gasteiger partial charge in [0.05, 0.1) is 24.9 Å². The Morgan fingerprint density at radius 3 is 2.30 bits per heavy atom. The van der Waals surface area contributed by atoms with Crippen LogP contribution in [0.15, 0.2) is 12.1 Å². The molecule has 0 radical (unpaired) electrons. The van der Waals surface area contributed by atoms with Crippen molar-refractivity contribution in [3.05, 3.63) is 17.2 Å². The first-order valence-electron chi connectivity index (χ1n) is 6.17. The lowest BCUT2D eigenvalue weighted by Crippen LogP contribution is -2.33. The number of hydrogen-bond acceptors (Lipinski definition) is 4. The minimum atomic E-state index is -3.58. The molecular weight excluding hydrogens is 304 g/mol. The summed E-state index contributed by atoms with van der Waals surface area (Å²) in [5, 5.41) is 0.355. The Bertz CT molecular complexity index is 585. The highest BCUT2D eigenvalue weighted by atomic mass is 35.5. The second-order valence-electron chi connectivity index (χ2n) is 4.40. The molecule has 112 valence electrons. The number of nitrogens with one attached hydrogen (secondary N) is 1. The van der Waals surface area contributed by atoms with E-state index in [9.17, 15) is 8.42 Å². The van der Waals surface area contributed by atoms with Crippen LogP contribution in [-0.4, -0.2) is 40.0 Å². The standard InChI is InChI=1S/C12H17ClN2O4S/c1-18-11-8-10(12(19-2)7-9(11)13)14-20(16,17)15-5-3-4-6-15/h7-8,14H,3-6H2,1-2H3. The first kappa shape index (κ1) is 15.2. The number of halogens is 1.